The fourth-order valence-electron chi connectivity index (χ4n) is 1.60. The van der Waals surface area contributed by atoms with Crippen molar-refractivity contribution in [3.63, 3.8) is 0 Å². The molecule has 0 unspecified atom stereocenters. The Morgan fingerprint density at radius 3 is 2.76 bits per heavy atom. The van der Waals surface area contributed by atoms with Crippen LogP contribution in [0.1, 0.15) is 6.92 Å². The lowest BCUT2D eigenvalue weighted by Gasteiger charge is -2.21. The van der Waals surface area contributed by atoms with Crippen LogP contribution >= 0.6 is 0 Å². The van der Waals surface area contributed by atoms with E-state index in [9.17, 15) is 4.79 Å². The minimum atomic E-state index is -1.10. The van der Waals surface area contributed by atoms with Crippen molar-refractivity contribution < 1.29 is 20.1 Å². The van der Waals surface area contributed by atoms with E-state index in [-0.39, 0.29) is 0 Å². The maximum absolute atomic E-state index is 10.8. The molecule has 1 aromatic heterocycles. The number of aromatic nitrogens is 1. The van der Waals surface area contributed by atoms with Crippen molar-refractivity contribution in [1.29, 1.82) is 0 Å². The number of nitrogens with one attached hydrogen (secondary N) is 1. The van der Waals surface area contributed by atoms with Gasteiger partial charge in [0.25, 0.3) is 0 Å². The fraction of sp³-hybridized carbons (Fsp3) is 0.182. The van der Waals surface area contributed by atoms with E-state index >= 15 is 0 Å². The number of hydrogen-bond donors (Lipinski definition) is 3. The molecule has 6 heteroatoms. The number of carboxylic acids is 1. The van der Waals surface area contributed by atoms with Crippen molar-refractivity contribution in [3.05, 3.63) is 30.3 Å². The van der Waals surface area contributed by atoms with Gasteiger partial charge in [-0.25, -0.2) is 10.1 Å². The van der Waals surface area contributed by atoms with Crippen LogP contribution in [-0.2, 0) is 9.78 Å². The molecule has 17 heavy (non-hydrogen) atoms. The molecule has 0 bridgehead atoms. The predicted octanol–water partition coefficient (Wildman–Crippen LogP) is 1.85. The van der Waals surface area contributed by atoms with Crippen LogP contribution in [0.5, 0.6) is 0 Å². The fourth-order valence-corrected chi connectivity index (χ4v) is 1.60. The first kappa shape index (κ1) is 11.4. The first-order valence-corrected chi connectivity index (χ1v) is 5.05. The quantitative estimate of drug-likeness (QED) is 0.557. The molecular formula is C11H12N2O4. The molecule has 0 saturated carbocycles. The van der Waals surface area contributed by atoms with Gasteiger partial charge in [-0.1, -0.05) is 18.2 Å². The van der Waals surface area contributed by atoms with Crippen molar-refractivity contribution in [2.45, 2.75) is 13.0 Å². The zero-order chi connectivity index (χ0) is 12.4. The van der Waals surface area contributed by atoms with Crippen molar-refractivity contribution in [2.24, 2.45) is 0 Å². The highest BCUT2D eigenvalue weighted by Gasteiger charge is 2.23. The summed E-state index contributed by atoms with van der Waals surface area (Å²) in [6.07, 6.45) is 0. The van der Waals surface area contributed by atoms with E-state index in [0.717, 1.165) is 16.0 Å². The third-order valence-electron chi connectivity index (χ3n) is 2.55. The van der Waals surface area contributed by atoms with Gasteiger partial charge in [-0.15, -0.1) is 4.99 Å². The zero-order valence-electron chi connectivity index (χ0n) is 9.12. The summed E-state index contributed by atoms with van der Waals surface area (Å²) in [4.78, 5) is 17.9. The molecule has 0 saturated heterocycles. The smallest absolute Gasteiger partial charge is 0.328 e. The van der Waals surface area contributed by atoms with Crippen LogP contribution < -0.4 is 5.06 Å². The van der Waals surface area contributed by atoms with Gasteiger partial charge in [0, 0.05) is 10.9 Å². The molecule has 0 fully saturated rings. The van der Waals surface area contributed by atoms with Crippen LogP contribution in [0.3, 0.4) is 0 Å². The highest BCUT2D eigenvalue weighted by molar-refractivity contribution is 5.85. The number of aliphatic carboxylic acids is 1. The average molecular weight is 236 g/mol. The summed E-state index contributed by atoms with van der Waals surface area (Å²) in [5.74, 6) is -0.721. The molecule has 2 rings (SSSR count). The third-order valence-corrected chi connectivity index (χ3v) is 2.55. The first-order valence-electron chi connectivity index (χ1n) is 5.05. The molecule has 0 amide bonds. The first-order chi connectivity index (χ1) is 8.13. The minimum Gasteiger partial charge on any atom is -0.480 e. The molecule has 0 aliphatic rings. The molecule has 90 valence electrons. The molecular weight excluding hydrogens is 224 g/mol. The highest BCUT2D eigenvalue weighted by atomic mass is 17.2. The monoisotopic (exact) mass is 236 g/mol. The number of anilines is 1. The summed E-state index contributed by atoms with van der Waals surface area (Å²) >= 11 is 0. The highest BCUT2D eigenvalue weighted by Crippen LogP contribution is 2.23. The Hall–Kier alpha value is -2.05. The number of aromatic amines is 1. The largest absolute Gasteiger partial charge is 0.480 e. The number of nitrogens with zero attached hydrogens (tertiary/aromatic N) is 1. The molecule has 0 spiro atoms. The van der Waals surface area contributed by atoms with E-state index < -0.39 is 12.0 Å². The van der Waals surface area contributed by atoms with Crippen molar-refractivity contribution in [3.8, 4) is 0 Å². The number of benzene rings is 1. The number of para-hydroxylation sites is 1. The molecule has 6 nitrogen and oxygen atoms in total. The molecule has 1 heterocycles. The Morgan fingerprint density at radius 1 is 1.47 bits per heavy atom. The predicted molar refractivity (Wildman–Crippen MR) is 61.6 cm³/mol. The summed E-state index contributed by atoms with van der Waals surface area (Å²) in [6, 6.07) is 8.13. The van der Waals surface area contributed by atoms with Crippen molar-refractivity contribution in [1.82, 2.24) is 4.98 Å². The van der Waals surface area contributed by atoms with Crippen LogP contribution in [0.2, 0.25) is 0 Å². The minimum absolute atomic E-state index is 0.378. The van der Waals surface area contributed by atoms with Gasteiger partial charge >= 0.3 is 5.97 Å². The van der Waals surface area contributed by atoms with E-state index in [2.05, 4.69) is 9.97 Å². The maximum Gasteiger partial charge on any atom is 0.328 e. The number of hydroxylamine groups is 1. The Bertz CT molecular complexity index is 504. The Kier molecular flexibility index (Phi) is 2.99. The number of hydrogen-bond acceptors (Lipinski definition) is 4. The molecule has 3 N–H and O–H groups in total. The van der Waals surface area contributed by atoms with E-state index in [1.807, 2.05) is 24.3 Å². The maximum atomic E-state index is 10.8. The standard InChI is InChI=1S/C11H12N2O4/c1-7(11(14)15)13(17-16)10-6-8-4-2-3-5-9(8)12-10/h2-7,12,16H,1H3,(H,14,15)/t7-/m0/s1. The number of H-pyrrole nitrogens is 1. The molecule has 0 aliphatic heterocycles. The lowest BCUT2D eigenvalue weighted by molar-refractivity contribution is -0.260. The number of carboxylic acid groups (broad SMARTS) is 1. The number of carbonyl (C=O) groups is 1. The summed E-state index contributed by atoms with van der Waals surface area (Å²) < 4.78 is 0. The van der Waals surface area contributed by atoms with E-state index in [0.29, 0.717) is 5.82 Å². The van der Waals surface area contributed by atoms with Gasteiger partial charge in [-0.2, -0.15) is 5.06 Å². The third kappa shape index (κ3) is 2.08. The average Bonchev–Trinajstić information content (AvgIpc) is 2.72. The summed E-state index contributed by atoms with van der Waals surface area (Å²) in [6.45, 7) is 1.41. The summed E-state index contributed by atoms with van der Waals surface area (Å²) in [5, 5.41) is 19.4. The van der Waals surface area contributed by atoms with Crippen LogP contribution in [0.25, 0.3) is 10.9 Å². The van der Waals surface area contributed by atoms with Gasteiger partial charge in [0.05, 0.1) is 0 Å². The second kappa shape index (κ2) is 4.44. The second-order valence-electron chi connectivity index (χ2n) is 3.66. The van der Waals surface area contributed by atoms with Gasteiger partial charge in [-0.05, 0) is 19.1 Å². The zero-order valence-corrected chi connectivity index (χ0v) is 9.12. The summed E-state index contributed by atoms with van der Waals surface area (Å²) in [7, 11) is 0. The Labute approximate surface area is 96.9 Å². The van der Waals surface area contributed by atoms with E-state index in [1.165, 1.54) is 6.92 Å². The molecule has 1 aromatic carbocycles. The second-order valence-corrected chi connectivity index (χ2v) is 3.66. The Morgan fingerprint density at radius 2 is 2.18 bits per heavy atom. The summed E-state index contributed by atoms with van der Waals surface area (Å²) in [5.41, 5.74) is 0.835. The van der Waals surface area contributed by atoms with E-state index in [4.69, 9.17) is 10.4 Å². The topological polar surface area (TPSA) is 85.8 Å². The van der Waals surface area contributed by atoms with Gasteiger partial charge in [0.15, 0.2) is 6.04 Å². The van der Waals surface area contributed by atoms with Crippen molar-refractivity contribution >= 4 is 22.7 Å². The number of fused-ring (bicyclic) bond motifs is 1. The van der Waals surface area contributed by atoms with Crippen LogP contribution in [0, 0.1) is 0 Å². The lowest BCUT2D eigenvalue weighted by Crippen LogP contribution is -2.38. The van der Waals surface area contributed by atoms with Crippen LogP contribution in [0.15, 0.2) is 30.3 Å². The van der Waals surface area contributed by atoms with Crippen molar-refractivity contribution in [2.75, 3.05) is 5.06 Å². The Balaban J connectivity index is 2.39. The van der Waals surface area contributed by atoms with E-state index in [1.54, 1.807) is 6.07 Å². The van der Waals surface area contributed by atoms with Gasteiger partial charge in [-0.3, -0.25) is 0 Å². The van der Waals surface area contributed by atoms with Gasteiger partial charge in [0.1, 0.15) is 5.82 Å². The normalized spacial score (nSPS) is 12.6. The van der Waals surface area contributed by atoms with Crippen LogP contribution in [-0.4, -0.2) is 27.4 Å². The number of rotatable bonds is 4. The molecule has 2 aromatic rings. The lowest BCUT2D eigenvalue weighted by atomic mass is 10.2. The molecule has 0 aliphatic carbocycles. The van der Waals surface area contributed by atoms with Gasteiger partial charge < -0.3 is 10.1 Å². The molecule has 0 radical (unpaired) electrons. The van der Waals surface area contributed by atoms with Crippen LogP contribution in [0.4, 0.5) is 5.82 Å². The molecule has 1 atom stereocenters. The van der Waals surface area contributed by atoms with Gasteiger partial charge in [0.2, 0.25) is 0 Å². The SMILES string of the molecule is C[C@@H](C(=O)O)N(OO)c1cc2ccccc2[nH]1.